The van der Waals surface area contributed by atoms with E-state index in [1.165, 1.54) is 0 Å². The van der Waals surface area contributed by atoms with Crippen LogP contribution in [0.4, 0.5) is 5.82 Å². The van der Waals surface area contributed by atoms with Crippen LogP contribution in [0.3, 0.4) is 0 Å². The van der Waals surface area contributed by atoms with Gasteiger partial charge in [0.1, 0.15) is 11.0 Å². The average Bonchev–Trinajstić information content (AvgIpc) is 3.51. The summed E-state index contributed by atoms with van der Waals surface area (Å²) in [5, 5.41) is 0.496. The lowest BCUT2D eigenvalue weighted by Crippen LogP contribution is -2.01. The van der Waals surface area contributed by atoms with E-state index in [-0.39, 0.29) is 0 Å². The Morgan fingerprint density at radius 2 is 1.21 bits per heavy atom. The van der Waals surface area contributed by atoms with E-state index in [0.717, 1.165) is 74.4 Å². The van der Waals surface area contributed by atoms with Crippen molar-refractivity contribution < 1.29 is 0 Å². The van der Waals surface area contributed by atoms with Crippen LogP contribution in [0, 0.1) is 0 Å². The fourth-order valence-electron chi connectivity index (χ4n) is 3.22. The van der Waals surface area contributed by atoms with Crippen LogP contribution in [-0.2, 0) is 13.1 Å². The van der Waals surface area contributed by atoms with Crippen LogP contribution in [0.2, 0.25) is 5.15 Å². The molecule has 0 unspecified atom stereocenters. The van der Waals surface area contributed by atoms with Crippen LogP contribution in [0.5, 0.6) is 0 Å². The minimum absolute atomic E-state index is 0.496. The van der Waals surface area contributed by atoms with Gasteiger partial charge in [0.15, 0.2) is 0 Å². The Kier molecular flexibility index (Phi) is 10.0. The summed E-state index contributed by atoms with van der Waals surface area (Å²) in [5.74, 6) is 0.524. The first-order chi connectivity index (χ1) is 16.6. The topological polar surface area (TPSA) is 139 Å². The first-order valence-corrected chi connectivity index (χ1v) is 11.7. The number of aromatic nitrogens is 6. The van der Waals surface area contributed by atoms with Crippen molar-refractivity contribution in [2.75, 3.05) is 18.8 Å². The van der Waals surface area contributed by atoms with Gasteiger partial charge in [0, 0.05) is 49.0 Å². The molecule has 0 radical (unpaired) electrons. The third-order valence-corrected chi connectivity index (χ3v) is 5.34. The number of nitrogen functional groups attached to an aromatic ring is 1. The van der Waals surface area contributed by atoms with Gasteiger partial charge in [0.25, 0.3) is 0 Å². The molecule has 0 saturated heterocycles. The monoisotopic (exact) mass is 481 g/mol. The zero-order valence-electron chi connectivity index (χ0n) is 19.2. The van der Waals surface area contributed by atoms with E-state index in [1.54, 1.807) is 24.5 Å². The zero-order chi connectivity index (χ0) is 24.2. The van der Waals surface area contributed by atoms with Gasteiger partial charge in [-0.25, -0.2) is 19.9 Å². The molecule has 0 fully saturated rings. The Morgan fingerprint density at radius 3 is 1.65 bits per heavy atom. The van der Waals surface area contributed by atoms with Crippen LogP contribution in [0.25, 0.3) is 22.5 Å². The van der Waals surface area contributed by atoms with Gasteiger partial charge in [-0.1, -0.05) is 11.6 Å². The van der Waals surface area contributed by atoms with Crippen LogP contribution in [0.15, 0.2) is 61.7 Å². The molecule has 0 amide bonds. The number of halogens is 1. The molecule has 34 heavy (non-hydrogen) atoms. The number of aryl methyl sites for hydroxylation is 2. The lowest BCUT2D eigenvalue weighted by molar-refractivity contribution is 0.614. The highest BCUT2D eigenvalue weighted by Crippen LogP contribution is 2.18. The number of rotatable bonds is 10. The van der Waals surface area contributed by atoms with Gasteiger partial charge in [0.05, 0.1) is 24.0 Å². The van der Waals surface area contributed by atoms with Crippen molar-refractivity contribution >= 4 is 17.4 Å². The lowest BCUT2D eigenvalue weighted by Gasteiger charge is -2.00. The van der Waals surface area contributed by atoms with E-state index < -0.39 is 0 Å². The Morgan fingerprint density at radius 1 is 0.676 bits per heavy atom. The molecule has 10 heteroatoms. The van der Waals surface area contributed by atoms with E-state index >= 15 is 0 Å². The largest absolute Gasteiger partial charge is 0.384 e. The van der Waals surface area contributed by atoms with Gasteiger partial charge >= 0.3 is 0 Å². The Hall–Kier alpha value is -3.27. The Labute approximate surface area is 205 Å². The van der Waals surface area contributed by atoms with E-state index in [9.17, 15) is 0 Å². The summed E-state index contributed by atoms with van der Waals surface area (Å²) >= 11 is 5.74. The molecule has 0 saturated carbocycles. The number of hydrogen-bond acceptors (Lipinski definition) is 7. The van der Waals surface area contributed by atoms with Gasteiger partial charge in [-0.05, 0) is 63.0 Å². The van der Waals surface area contributed by atoms with E-state index in [0.29, 0.717) is 11.0 Å². The summed E-state index contributed by atoms with van der Waals surface area (Å²) in [5.41, 5.74) is 20.3. The predicted octanol–water partition coefficient (Wildman–Crippen LogP) is 3.60. The lowest BCUT2D eigenvalue weighted by atomic mass is 10.2. The fourth-order valence-corrected chi connectivity index (χ4v) is 3.34. The second kappa shape index (κ2) is 13.4. The van der Waals surface area contributed by atoms with Crippen molar-refractivity contribution in [1.82, 2.24) is 29.1 Å². The van der Waals surface area contributed by atoms with Gasteiger partial charge in [-0.2, -0.15) is 0 Å². The zero-order valence-corrected chi connectivity index (χ0v) is 20.0. The predicted molar refractivity (Wildman–Crippen MR) is 137 cm³/mol. The number of nitrogens with zero attached hydrogens (tertiary/aromatic N) is 6. The van der Waals surface area contributed by atoms with Crippen LogP contribution in [-0.4, -0.2) is 42.2 Å². The van der Waals surface area contributed by atoms with E-state index in [1.807, 2.05) is 37.2 Å². The van der Waals surface area contributed by atoms with Crippen molar-refractivity contribution in [3.05, 3.63) is 66.9 Å². The second-order valence-electron chi connectivity index (χ2n) is 7.83. The highest BCUT2D eigenvalue weighted by atomic mass is 35.5. The number of nitrogens with two attached hydrogens (primary N) is 3. The Bertz CT molecular complexity index is 1010. The standard InChI is InChI=1S/C12H15ClN4.C12H17N5/c13-12-4-3-10(7-15-12)11-8-17(9-16-11)6-2-1-5-14;13-5-1-2-6-17-8-11(16-9-17)10-3-4-12(14)15-7-10/h3-4,7-9H,1-2,5-6,14H2;3-4,7-9H,1-2,5-6,13H2,(H2,14,15). The third kappa shape index (κ3) is 7.95. The highest BCUT2D eigenvalue weighted by molar-refractivity contribution is 6.29. The van der Waals surface area contributed by atoms with Crippen molar-refractivity contribution in [2.45, 2.75) is 38.8 Å². The smallest absolute Gasteiger partial charge is 0.129 e. The van der Waals surface area contributed by atoms with Crippen molar-refractivity contribution in [3.8, 4) is 22.5 Å². The summed E-state index contributed by atoms with van der Waals surface area (Å²) in [6.45, 7) is 3.38. The normalized spacial score (nSPS) is 10.7. The molecule has 0 aliphatic rings. The summed E-state index contributed by atoms with van der Waals surface area (Å²) in [6.07, 6.45) is 15.4. The van der Waals surface area contributed by atoms with Gasteiger partial charge in [-0.3, -0.25) is 0 Å². The van der Waals surface area contributed by atoms with E-state index in [2.05, 4.69) is 29.1 Å². The first-order valence-electron chi connectivity index (χ1n) is 11.4. The highest BCUT2D eigenvalue weighted by Gasteiger charge is 2.03. The fraction of sp³-hybridized carbons (Fsp3) is 0.333. The third-order valence-electron chi connectivity index (χ3n) is 5.11. The number of hydrogen-bond donors (Lipinski definition) is 3. The molecular weight excluding hydrogens is 450 g/mol. The summed E-state index contributed by atoms with van der Waals surface area (Å²) in [6, 6.07) is 7.39. The average molecular weight is 482 g/mol. The molecule has 4 rings (SSSR count). The Balaban J connectivity index is 0.000000191. The molecule has 0 bridgehead atoms. The van der Waals surface area contributed by atoms with Gasteiger partial charge in [0.2, 0.25) is 0 Å². The molecule has 6 N–H and O–H groups in total. The molecule has 4 heterocycles. The molecule has 0 atom stereocenters. The SMILES string of the molecule is NCCCCn1cnc(-c2ccc(Cl)nc2)c1.NCCCCn1cnc(-c2ccc(N)nc2)c1. The second-order valence-corrected chi connectivity index (χ2v) is 8.21. The molecule has 9 nitrogen and oxygen atoms in total. The molecule has 4 aromatic rings. The summed E-state index contributed by atoms with van der Waals surface area (Å²) < 4.78 is 4.14. The van der Waals surface area contributed by atoms with Crippen molar-refractivity contribution in [1.29, 1.82) is 0 Å². The van der Waals surface area contributed by atoms with Crippen LogP contribution in [0.1, 0.15) is 25.7 Å². The van der Waals surface area contributed by atoms with Gasteiger partial charge in [-0.15, -0.1) is 0 Å². The number of imidazole rings is 2. The molecule has 180 valence electrons. The molecule has 0 aliphatic carbocycles. The maximum Gasteiger partial charge on any atom is 0.129 e. The minimum atomic E-state index is 0.496. The summed E-state index contributed by atoms with van der Waals surface area (Å²) in [4.78, 5) is 16.8. The van der Waals surface area contributed by atoms with Crippen LogP contribution >= 0.6 is 11.6 Å². The molecule has 0 aromatic carbocycles. The van der Waals surface area contributed by atoms with Crippen LogP contribution < -0.4 is 17.2 Å². The number of pyridine rings is 2. The number of unbranched alkanes of at least 4 members (excludes halogenated alkanes) is 2. The molecular formula is C24H32ClN9. The quantitative estimate of drug-likeness (QED) is 0.232. The van der Waals surface area contributed by atoms with Gasteiger partial charge < -0.3 is 26.3 Å². The molecule has 0 aliphatic heterocycles. The van der Waals surface area contributed by atoms with E-state index in [4.69, 9.17) is 28.8 Å². The minimum Gasteiger partial charge on any atom is -0.384 e. The maximum absolute atomic E-state index is 5.74. The molecule has 0 spiro atoms. The number of anilines is 1. The first kappa shape index (κ1) is 25.4. The van der Waals surface area contributed by atoms with Crippen molar-refractivity contribution in [2.24, 2.45) is 11.5 Å². The van der Waals surface area contributed by atoms with Crippen molar-refractivity contribution in [3.63, 3.8) is 0 Å². The molecule has 4 aromatic heterocycles. The maximum atomic E-state index is 5.74. The summed E-state index contributed by atoms with van der Waals surface area (Å²) in [7, 11) is 0.